The maximum atomic E-state index is 11.9. The topological polar surface area (TPSA) is 62.7 Å². The number of carbonyl (C=O) groups is 1. The third-order valence-corrected chi connectivity index (χ3v) is 4.88. The normalized spacial score (nSPS) is 19.4. The van der Waals surface area contributed by atoms with Crippen LogP contribution in [0.15, 0.2) is 42.6 Å². The molecule has 0 amide bonds. The second-order valence-electron chi connectivity index (χ2n) is 6.47. The average Bonchev–Trinajstić information content (AvgIpc) is 2.64. The lowest BCUT2D eigenvalue weighted by Crippen LogP contribution is -2.47. The fraction of sp³-hybridized carbons (Fsp3) is 0.400. The van der Waals surface area contributed by atoms with Gasteiger partial charge in [-0.15, -0.1) is 0 Å². The number of pyridine rings is 1. The van der Waals surface area contributed by atoms with Gasteiger partial charge in [0.25, 0.3) is 0 Å². The van der Waals surface area contributed by atoms with Crippen LogP contribution in [-0.2, 0) is 4.79 Å². The Morgan fingerprint density at radius 3 is 2.88 bits per heavy atom. The van der Waals surface area contributed by atoms with E-state index in [9.17, 15) is 9.90 Å². The summed E-state index contributed by atoms with van der Waals surface area (Å²) in [5.74, 6) is 0.00106. The molecule has 1 aromatic carbocycles. The number of aromatic nitrogens is 1. The Morgan fingerprint density at radius 1 is 1.32 bits per heavy atom. The molecule has 1 aliphatic heterocycles. The molecule has 2 aromatic rings. The number of hydrogen-bond donors (Lipinski definition) is 1. The highest BCUT2D eigenvalue weighted by molar-refractivity contribution is 5.73. The van der Waals surface area contributed by atoms with Gasteiger partial charge in [-0.25, -0.2) is 0 Å². The van der Waals surface area contributed by atoms with Gasteiger partial charge in [-0.3, -0.25) is 14.7 Å². The number of aryl methyl sites for hydroxylation is 1. The van der Waals surface area contributed by atoms with E-state index in [0.29, 0.717) is 6.42 Å². The summed E-state index contributed by atoms with van der Waals surface area (Å²) in [4.78, 5) is 18.5. The van der Waals surface area contributed by atoms with Crippen molar-refractivity contribution in [3.63, 3.8) is 0 Å². The van der Waals surface area contributed by atoms with Gasteiger partial charge in [-0.2, -0.15) is 0 Å². The van der Waals surface area contributed by atoms with Crippen LogP contribution in [0.5, 0.6) is 5.75 Å². The molecule has 25 heavy (non-hydrogen) atoms. The van der Waals surface area contributed by atoms with Gasteiger partial charge in [0, 0.05) is 6.20 Å². The van der Waals surface area contributed by atoms with Crippen LogP contribution in [0.25, 0.3) is 0 Å². The van der Waals surface area contributed by atoms with Crippen LogP contribution in [0.1, 0.15) is 42.1 Å². The molecule has 0 bridgehead atoms. The van der Waals surface area contributed by atoms with Crippen molar-refractivity contribution in [3.05, 3.63) is 59.4 Å². The van der Waals surface area contributed by atoms with Crippen molar-refractivity contribution >= 4 is 5.97 Å². The number of benzene rings is 1. The summed E-state index contributed by atoms with van der Waals surface area (Å²) in [6.07, 6.45) is 4.38. The molecule has 5 heteroatoms. The number of ether oxygens (including phenoxy) is 1. The van der Waals surface area contributed by atoms with Crippen LogP contribution in [-0.4, -0.2) is 40.7 Å². The van der Waals surface area contributed by atoms with Crippen LogP contribution < -0.4 is 4.74 Å². The molecule has 132 valence electrons. The molecular formula is C20H24N2O3. The van der Waals surface area contributed by atoms with E-state index in [1.807, 2.05) is 43.3 Å². The van der Waals surface area contributed by atoms with Crippen molar-refractivity contribution in [1.82, 2.24) is 9.88 Å². The van der Waals surface area contributed by atoms with Gasteiger partial charge in [0.05, 0.1) is 18.8 Å². The number of piperidine rings is 1. The SMILES string of the molecule is COc1cccc(C(c2ncccc2C)N2CCCCC2C(=O)O)c1. The van der Waals surface area contributed by atoms with Crippen LogP contribution in [0.4, 0.5) is 0 Å². The molecule has 0 spiro atoms. The van der Waals surface area contributed by atoms with Gasteiger partial charge in [-0.05, 0) is 55.6 Å². The van der Waals surface area contributed by atoms with Gasteiger partial charge >= 0.3 is 5.97 Å². The Bertz CT molecular complexity index is 747. The first-order chi connectivity index (χ1) is 12.1. The summed E-state index contributed by atoms with van der Waals surface area (Å²) < 4.78 is 5.38. The quantitative estimate of drug-likeness (QED) is 0.903. The van der Waals surface area contributed by atoms with E-state index in [1.54, 1.807) is 13.3 Å². The van der Waals surface area contributed by atoms with Crippen LogP contribution in [0.3, 0.4) is 0 Å². The minimum Gasteiger partial charge on any atom is -0.497 e. The lowest BCUT2D eigenvalue weighted by molar-refractivity contribution is -0.145. The maximum absolute atomic E-state index is 11.9. The zero-order valence-electron chi connectivity index (χ0n) is 14.7. The summed E-state index contributed by atoms with van der Waals surface area (Å²) in [6, 6.07) is 11.1. The summed E-state index contributed by atoms with van der Waals surface area (Å²) in [5.41, 5.74) is 2.98. The standard InChI is InChI=1S/C20H24N2O3/c1-14-7-6-11-21-18(14)19(15-8-5-9-16(13-15)25-2)22-12-4-3-10-17(22)20(23)24/h5-9,11,13,17,19H,3-4,10,12H2,1-2H3,(H,23,24). The second-order valence-corrected chi connectivity index (χ2v) is 6.47. The molecule has 2 atom stereocenters. The van der Waals surface area contributed by atoms with Gasteiger partial charge in [-0.1, -0.05) is 24.6 Å². The first-order valence-electron chi connectivity index (χ1n) is 8.66. The lowest BCUT2D eigenvalue weighted by Gasteiger charge is -2.39. The molecule has 5 nitrogen and oxygen atoms in total. The Hall–Kier alpha value is -2.40. The smallest absolute Gasteiger partial charge is 0.320 e. The third-order valence-electron chi connectivity index (χ3n) is 4.88. The van der Waals surface area contributed by atoms with Crippen molar-refractivity contribution in [3.8, 4) is 5.75 Å². The number of carboxylic acid groups (broad SMARTS) is 1. The fourth-order valence-corrected chi connectivity index (χ4v) is 3.63. The number of likely N-dealkylation sites (tertiary alicyclic amines) is 1. The molecule has 1 aliphatic rings. The lowest BCUT2D eigenvalue weighted by atomic mass is 9.92. The molecule has 1 aromatic heterocycles. The number of hydrogen-bond acceptors (Lipinski definition) is 4. The highest BCUT2D eigenvalue weighted by Gasteiger charge is 2.36. The maximum Gasteiger partial charge on any atom is 0.320 e. The first-order valence-corrected chi connectivity index (χ1v) is 8.66. The van der Waals surface area contributed by atoms with Crippen molar-refractivity contribution in [2.75, 3.05) is 13.7 Å². The monoisotopic (exact) mass is 340 g/mol. The zero-order valence-corrected chi connectivity index (χ0v) is 14.7. The van der Waals surface area contributed by atoms with Crippen molar-refractivity contribution in [2.24, 2.45) is 0 Å². The number of methoxy groups -OCH3 is 1. The molecule has 0 radical (unpaired) electrons. The molecule has 1 saturated heterocycles. The largest absolute Gasteiger partial charge is 0.497 e. The minimum absolute atomic E-state index is 0.197. The number of aliphatic carboxylic acids is 1. The Morgan fingerprint density at radius 2 is 2.16 bits per heavy atom. The Labute approximate surface area is 148 Å². The average molecular weight is 340 g/mol. The molecular weight excluding hydrogens is 316 g/mol. The van der Waals surface area contributed by atoms with Gasteiger partial charge in [0.1, 0.15) is 11.8 Å². The highest BCUT2D eigenvalue weighted by atomic mass is 16.5. The predicted octanol–water partition coefficient (Wildman–Crippen LogP) is 3.43. The van der Waals surface area contributed by atoms with Crippen LogP contribution in [0.2, 0.25) is 0 Å². The van der Waals surface area contributed by atoms with E-state index in [2.05, 4.69) is 9.88 Å². The summed E-state index contributed by atoms with van der Waals surface area (Å²) >= 11 is 0. The number of nitrogens with zero attached hydrogens (tertiary/aromatic N) is 2. The molecule has 0 aliphatic carbocycles. The van der Waals surface area contributed by atoms with Crippen molar-refractivity contribution in [2.45, 2.75) is 38.3 Å². The van der Waals surface area contributed by atoms with Gasteiger partial charge in [0.2, 0.25) is 0 Å². The summed E-state index contributed by atoms with van der Waals surface area (Å²) in [7, 11) is 1.64. The third kappa shape index (κ3) is 3.66. The second kappa shape index (κ2) is 7.66. The summed E-state index contributed by atoms with van der Waals surface area (Å²) in [5, 5.41) is 9.73. The van der Waals surface area contributed by atoms with E-state index in [0.717, 1.165) is 42.0 Å². The summed E-state index contributed by atoms with van der Waals surface area (Å²) in [6.45, 7) is 2.77. The van der Waals surface area contributed by atoms with E-state index in [-0.39, 0.29) is 6.04 Å². The highest BCUT2D eigenvalue weighted by Crippen LogP contribution is 2.35. The van der Waals surface area contributed by atoms with Gasteiger partial charge in [0.15, 0.2) is 0 Å². The minimum atomic E-state index is -0.763. The van der Waals surface area contributed by atoms with E-state index < -0.39 is 12.0 Å². The Kier molecular flexibility index (Phi) is 5.34. The first kappa shape index (κ1) is 17.4. The van der Waals surface area contributed by atoms with Crippen molar-refractivity contribution in [1.29, 1.82) is 0 Å². The zero-order chi connectivity index (χ0) is 17.8. The van der Waals surface area contributed by atoms with Gasteiger partial charge < -0.3 is 9.84 Å². The fourth-order valence-electron chi connectivity index (χ4n) is 3.63. The van der Waals surface area contributed by atoms with E-state index >= 15 is 0 Å². The number of rotatable bonds is 5. The van der Waals surface area contributed by atoms with Crippen molar-refractivity contribution < 1.29 is 14.6 Å². The Balaban J connectivity index is 2.11. The molecule has 3 rings (SSSR count). The predicted molar refractivity (Wildman–Crippen MR) is 95.8 cm³/mol. The molecule has 2 unspecified atom stereocenters. The van der Waals surface area contributed by atoms with Crippen LogP contribution in [0, 0.1) is 6.92 Å². The molecule has 2 heterocycles. The van der Waals surface area contributed by atoms with E-state index in [4.69, 9.17) is 4.74 Å². The molecule has 1 fully saturated rings. The number of carboxylic acids is 1. The molecule has 0 saturated carbocycles. The van der Waals surface area contributed by atoms with Crippen LogP contribution >= 0.6 is 0 Å². The van der Waals surface area contributed by atoms with E-state index in [1.165, 1.54) is 0 Å². The molecule has 1 N–H and O–H groups in total.